The molecule has 0 saturated heterocycles. The summed E-state index contributed by atoms with van der Waals surface area (Å²) in [6, 6.07) is 2.04. The van der Waals surface area contributed by atoms with Gasteiger partial charge in [-0.2, -0.15) is 4.98 Å². The molecule has 0 atom stereocenters. The summed E-state index contributed by atoms with van der Waals surface area (Å²) in [5, 5.41) is 1.57. The van der Waals surface area contributed by atoms with Crippen LogP contribution in [0.4, 0.5) is 17.7 Å². The molecule has 6 N–H and O–H groups in total. The second kappa shape index (κ2) is 4.40. The van der Waals surface area contributed by atoms with Crippen LogP contribution >= 0.6 is 0 Å². The van der Waals surface area contributed by atoms with Gasteiger partial charge in [-0.3, -0.25) is 0 Å². The highest BCUT2D eigenvalue weighted by atomic mass is 15.0. The average Bonchev–Trinajstić information content (AvgIpc) is 2.35. The molecule has 0 unspecified atom stereocenters. The fraction of sp³-hybridized carbons (Fsp3) is 0.333. The standard InChI is InChI=1S/C15H19N7/c1-6-7-5-8(15(2,3)4)11-9(10(7)20-13(17)19-6)12(16)22-14(18)21-11/h5H,1-4H3,(H2,17,19,20)(H4,16,18,21,22). The number of nitrogens with zero attached hydrogens (tertiary/aromatic N) is 4. The molecule has 0 spiro atoms. The fourth-order valence-electron chi connectivity index (χ4n) is 2.68. The number of fused-ring (bicyclic) bond motifs is 3. The van der Waals surface area contributed by atoms with Gasteiger partial charge in [0.2, 0.25) is 11.9 Å². The molecule has 0 amide bonds. The van der Waals surface area contributed by atoms with Crippen molar-refractivity contribution in [3.05, 3.63) is 17.3 Å². The van der Waals surface area contributed by atoms with E-state index in [1.807, 2.05) is 13.0 Å². The average molecular weight is 297 g/mol. The number of nitrogen functional groups attached to an aromatic ring is 3. The van der Waals surface area contributed by atoms with Crippen molar-refractivity contribution in [3.63, 3.8) is 0 Å². The lowest BCUT2D eigenvalue weighted by atomic mass is 9.84. The third kappa shape index (κ3) is 2.05. The Morgan fingerprint density at radius 1 is 0.864 bits per heavy atom. The van der Waals surface area contributed by atoms with Crippen LogP contribution in [-0.4, -0.2) is 19.9 Å². The van der Waals surface area contributed by atoms with Gasteiger partial charge in [0.1, 0.15) is 5.82 Å². The van der Waals surface area contributed by atoms with Gasteiger partial charge in [-0.25, -0.2) is 15.0 Å². The monoisotopic (exact) mass is 297 g/mol. The number of nitrogens with two attached hydrogens (primary N) is 3. The van der Waals surface area contributed by atoms with Crippen LogP contribution in [0.3, 0.4) is 0 Å². The van der Waals surface area contributed by atoms with E-state index in [1.54, 1.807) is 0 Å². The summed E-state index contributed by atoms with van der Waals surface area (Å²) in [5.41, 5.74) is 20.7. The Kier molecular flexibility index (Phi) is 2.85. The van der Waals surface area contributed by atoms with Gasteiger partial charge in [-0.15, -0.1) is 0 Å². The molecule has 7 heteroatoms. The number of hydrogen-bond acceptors (Lipinski definition) is 7. The summed E-state index contributed by atoms with van der Waals surface area (Å²) >= 11 is 0. The minimum atomic E-state index is -0.145. The minimum Gasteiger partial charge on any atom is -0.383 e. The number of aromatic nitrogens is 4. The fourth-order valence-corrected chi connectivity index (χ4v) is 2.68. The molecule has 22 heavy (non-hydrogen) atoms. The van der Waals surface area contributed by atoms with E-state index < -0.39 is 0 Å². The Labute approximate surface area is 128 Å². The van der Waals surface area contributed by atoms with E-state index in [-0.39, 0.29) is 17.3 Å². The third-order valence-electron chi connectivity index (χ3n) is 3.70. The summed E-state index contributed by atoms with van der Waals surface area (Å²) in [6.45, 7) is 8.22. The number of hydrogen-bond donors (Lipinski definition) is 3. The van der Waals surface area contributed by atoms with Crippen molar-refractivity contribution in [2.45, 2.75) is 33.1 Å². The van der Waals surface area contributed by atoms with Crippen LogP contribution < -0.4 is 17.2 Å². The Morgan fingerprint density at radius 3 is 2.09 bits per heavy atom. The number of aryl methyl sites for hydroxylation is 1. The van der Waals surface area contributed by atoms with E-state index in [9.17, 15) is 0 Å². The molecule has 0 aliphatic rings. The normalized spacial score (nSPS) is 12.2. The predicted octanol–water partition coefficient (Wildman–Crippen LogP) is 1.93. The van der Waals surface area contributed by atoms with Crippen molar-refractivity contribution >= 4 is 39.5 Å². The van der Waals surface area contributed by atoms with Crippen LogP contribution in [0.25, 0.3) is 21.8 Å². The molecule has 0 bridgehead atoms. The maximum Gasteiger partial charge on any atom is 0.222 e. The number of rotatable bonds is 0. The lowest BCUT2D eigenvalue weighted by molar-refractivity contribution is 0.595. The molecule has 1 aromatic carbocycles. The van der Waals surface area contributed by atoms with Crippen LogP contribution in [-0.2, 0) is 5.41 Å². The van der Waals surface area contributed by atoms with Gasteiger partial charge in [0, 0.05) is 5.39 Å². The van der Waals surface area contributed by atoms with Crippen molar-refractivity contribution < 1.29 is 0 Å². The number of anilines is 3. The van der Waals surface area contributed by atoms with Crippen LogP contribution in [0.1, 0.15) is 32.0 Å². The van der Waals surface area contributed by atoms with Gasteiger partial charge in [-0.05, 0) is 24.0 Å². The Morgan fingerprint density at radius 2 is 1.45 bits per heavy atom. The summed E-state index contributed by atoms with van der Waals surface area (Å²) in [7, 11) is 0. The summed E-state index contributed by atoms with van der Waals surface area (Å²) in [5.74, 6) is 0.649. The van der Waals surface area contributed by atoms with Gasteiger partial charge in [0.25, 0.3) is 0 Å². The summed E-state index contributed by atoms with van der Waals surface area (Å²) in [4.78, 5) is 17.1. The van der Waals surface area contributed by atoms with Gasteiger partial charge in [0.15, 0.2) is 0 Å². The largest absolute Gasteiger partial charge is 0.383 e. The van der Waals surface area contributed by atoms with Gasteiger partial charge in [-0.1, -0.05) is 20.8 Å². The van der Waals surface area contributed by atoms with Gasteiger partial charge < -0.3 is 17.2 Å². The minimum absolute atomic E-state index is 0.145. The van der Waals surface area contributed by atoms with Crippen molar-refractivity contribution in [2.75, 3.05) is 17.2 Å². The molecule has 0 aliphatic carbocycles. The van der Waals surface area contributed by atoms with Crippen LogP contribution in [0.2, 0.25) is 0 Å². The maximum atomic E-state index is 6.10. The van der Waals surface area contributed by atoms with Crippen LogP contribution in [0.5, 0.6) is 0 Å². The zero-order valence-corrected chi connectivity index (χ0v) is 13.1. The Bertz CT molecular complexity index is 910. The topological polar surface area (TPSA) is 130 Å². The lowest BCUT2D eigenvalue weighted by Crippen LogP contribution is -2.14. The summed E-state index contributed by atoms with van der Waals surface area (Å²) in [6.07, 6.45) is 0. The first kappa shape index (κ1) is 14.2. The first-order valence-electron chi connectivity index (χ1n) is 6.98. The molecule has 0 fully saturated rings. The quantitative estimate of drug-likeness (QED) is 0.540. The first-order valence-corrected chi connectivity index (χ1v) is 6.98. The zero-order valence-electron chi connectivity index (χ0n) is 13.1. The molecule has 3 aromatic rings. The molecule has 0 saturated carbocycles. The Balaban J connectivity index is 2.66. The molecule has 2 aromatic heterocycles. The molecule has 3 rings (SSSR count). The molecular formula is C15H19N7. The SMILES string of the molecule is Cc1nc(N)nc2c1cc(C(C)(C)C)c1nc(N)nc(N)c12. The van der Waals surface area contributed by atoms with E-state index in [2.05, 4.69) is 40.7 Å². The molecule has 0 radical (unpaired) electrons. The third-order valence-corrected chi connectivity index (χ3v) is 3.70. The van der Waals surface area contributed by atoms with Crippen LogP contribution in [0, 0.1) is 6.92 Å². The van der Waals surface area contributed by atoms with E-state index >= 15 is 0 Å². The van der Waals surface area contributed by atoms with E-state index in [0.29, 0.717) is 22.2 Å². The number of benzene rings is 1. The van der Waals surface area contributed by atoms with E-state index in [4.69, 9.17) is 17.2 Å². The predicted molar refractivity (Wildman–Crippen MR) is 89.3 cm³/mol. The maximum absolute atomic E-state index is 6.10. The zero-order chi connectivity index (χ0) is 16.2. The first-order chi connectivity index (χ1) is 10.2. The molecule has 7 nitrogen and oxygen atoms in total. The molecule has 114 valence electrons. The lowest BCUT2D eigenvalue weighted by Gasteiger charge is -2.22. The van der Waals surface area contributed by atoms with Crippen LogP contribution in [0.15, 0.2) is 6.07 Å². The molecule has 0 aliphatic heterocycles. The van der Waals surface area contributed by atoms with Crippen molar-refractivity contribution in [1.29, 1.82) is 0 Å². The van der Waals surface area contributed by atoms with Gasteiger partial charge in [0.05, 0.1) is 22.1 Å². The highest BCUT2D eigenvalue weighted by Gasteiger charge is 2.23. The highest BCUT2D eigenvalue weighted by molar-refractivity contribution is 6.11. The van der Waals surface area contributed by atoms with E-state index in [1.165, 1.54) is 0 Å². The van der Waals surface area contributed by atoms with Gasteiger partial charge >= 0.3 is 0 Å². The molecule has 2 heterocycles. The second-order valence-electron chi connectivity index (χ2n) is 6.43. The van der Waals surface area contributed by atoms with E-state index in [0.717, 1.165) is 16.6 Å². The Hall–Kier alpha value is -2.70. The van der Waals surface area contributed by atoms with Crippen molar-refractivity contribution in [2.24, 2.45) is 0 Å². The highest BCUT2D eigenvalue weighted by Crippen LogP contribution is 2.36. The smallest absolute Gasteiger partial charge is 0.222 e. The summed E-state index contributed by atoms with van der Waals surface area (Å²) < 4.78 is 0. The second-order valence-corrected chi connectivity index (χ2v) is 6.43. The van der Waals surface area contributed by atoms with Crippen molar-refractivity contribution in [1.82, 2.24) is 19.9 Å². The molecular weight excluding hydrogens is 278 g/mol. The van der Waals surface area contributed by atoms with Crippen molar-refractivity contribution in [3.8, 4) is 0 Å².